The van der Waals surface area contributed by atoms with Crippen LogP contribution in [-0.2, 0) is 16.0 Å². The minimum absolute atomic E-state index is 0.0810. The van der Waals surface area contributed by atoms with Gasteiger partial charge in [0, 0.05) is 36.0 Å². The van der Waals surface area contributed by atoms with Gasteiger partial charge in [0.1, 0.15) is 11.5 Å². The zero-order chi connectivity index (χ0) is 29.4. The smallest absolute Gasteiger partial charge is 0.252 e. The summed E-state index contributed by atoms with van der Waals surface area (Å²) in [5, 5.41) is 12.4. The number of hydrogen-bond acceptors (Lipinski definition) is 6. The highest BCUT2D eigenvalue weighted by Crippen LogP contribution is 2.43. The van der Waals surface area contributed by atoms with Crippen LogP contribution in [0, 0.1) is 5.92 Å². The van der Waals surface area contributed by atoms with Crippen LogP contribution in [-0.4, -0.2) is 49.3 Å². The molecule has 0 bridgehead atoms. The minimum atomic E-state index is -1.24. The Hall–Kier alpha value is -3.36. The average Bonchev–Trinajstić information content (AvgIpc) is 3.42. The Bertz CT molecular complexity index is 1360. The topological polar surface area (TPSA) is 89.4 Å². The summed E-state index contributed by atoms with van der Waals surface area (Å²) in [6.45, 7) is 1.15. The molecule has 2 aliphatic rings. The van der Waals surface area contributed by atoms with Crippen molar-refractivity contribution in [3.63, 3.8) is 0 Å². The third kappa shape index (κ3) is 7.16. The van der Waals surface area contributed by atoms with Crippen LogP contribution in [0.4, 0.5) is 0 Å². The molecule has 0 spiro atoms. The van der Waals surface area contributed by atoms with E-state index in [0.717, 1.165) is 34.0 Å². The summed E-state index contributed by atoms with van der Waals surface area (Å²) in [6, 6.07) is 23.2. The lowest BCUT2D eigenvalue weighted by Gasteiger charge is -2.32. The number of nitrogens with one attached hydrogen (secondary N) is 1. The lowest BCUT2D eigenvalue weighted by Crippen LogP contribution is -2.51. The molecular weight excluding hydrogens is 596 g/mol. The number of rotatable bonds is 12. The monoisotopic (exact) mass is 634 g/mol. The summed E-state index contributed by atoms with van der Waals surface area (Å²) in [5.74, 6) is 2.14. The second-order valence-corrected chi connectivity index (χ2v) is 12.0. The maximum Gasteiger partial charge on any atom is 0.252 e. The molecule has 0 aromatic heterocycles. The van der Waals surface area contributed by atoms with Crippen LogP contribution in [0.5, 0.6) is 11.5 Å². The Morgan fingerprint density at radius 1 is 1.05 bits per heavy atom. The summed E-state index contributed by atoms with van der Waals surface area (Å²) in [4.78, 5) is 19.6. The first-order valence-corrected chi connectivity index (χ1v) is 15.6. The molecule has 1 amide bonds. The first-order valence-electron chi connectivity index (χ1n) is 14.8. The van der Waals surface area contributed by atoms with Crippen molar-refractivity contribution < 1.29 is 24.1 Å². The number of halogens is 1. The van der Waals surface area contributed by atoms with Crippen molar-refractivity contribution in [3.8, 4) is 11.5 Å². The molecule has 1 aliphatic carbocycles. The van der Waals surface area contributed by atoms with Crippen LogP contribution >= 0.6 is 15.9 Å². The van der Waals surface area contributed by atoms with E-state index < -0.39 is 11.6 Å². The van der Waals surface area contributed by atoms with Gasteiger partial charge in [0.15, 0.2) is 11.6 Å². The summed E-state index contributed by atoms with van der Waals surface area (Å²) >= 11 is 3.53. The van der Waals surface area contributed by atoms with E-state index in [0.29, 0.717) is 49.3 Å². The number of carbonyl (C=O) groups excluding carboxylic acids is 1. The fourth-order valence-corrected chi connectivity index (χ4v) is 6.05. The third-order valence-electron chi connectivity index (χ3n) is 8.09. The molecule has 42 heavy (non-hydrogen) atoms. The Balaban J connectivity index is 1.53. The summed E-state index contributed by atoms with van der Waals surface area (Å²) in [6.07, 6.45) is 6.22. The summed E-state index contributed by atoms with van der Waals surface area (Å²) in [5.41, 5.74) is 1.33. The van der Waals surface area contributed by atoms with Crippen LogP contribution in [0.2, 0.25) is 0 Å². The Labute approximate surface area is 256 Å². The molecule has 3 aromatic carbocycles. The van der Waals surface area contributed by atoms with Crippen LogP contribution in [0.3, 0.4) is 0 Å². The molecule has 5 rings (SSSR count). The highest BCUT2D eigenvalue weighted by molar-refractivity contribution is 9.10. The first-order chi connectivity index (χ1) is 20.5. The lowest BCUT2D eigenvalue weighted by molar-refractivity contribution is -0.129. The van der Waals surface area contributed by atoms with E-state index in [1.54, 1.807) is 7.11 Å². The van der Waals surface area contributed by atoms with E-state index >= 15 is 0 Å². The standard InChI is InChI=1S/C34H39BrN2O5/c1-40-30-10-5-9-27(21-30)31-34(22-24-11-15-28(35)16-12-24,33(39)36-23-25-7-3-2-4-8-25)37-32(42-31)26-13-17-29(18-14-26)41-20-6-19-38/h5,9-18,21,25,31,38H,2-4,6-8,19-20,22-23H2,1H3,(H,36,39)/t31-,34-/m1/s1. The number of aliphatic imine (C=N–C) groups is 1. The number of hydrogen-bond donors (Lipinski definition) is 2. The van der Waals surface area contributed by atoms with Crippen molar-refractivity contribution in [1.82, 2.24) is 5.32 Å². The van der Waals surface area contributed by atoms with Gasteiger partial charge >= 0.3 is 0 Å². The summed E-state index contributed by atoms with van der Waals surface area (Å²) in [7, 11) is 1.63. The van der Waals surface area contributed by atoms with Gasteiger partial charge in [0.25, 0.3) is 5.91 Å². The highest BCUT2D eigenvalue weighted by Gasteiger charge is 2.53. The van der Waals surface area contributed by atoms with E-state index in [1.807, 2.05) is 72.8 Å². The zero-order valence-corrected chi connectivity index (χ0v) is 25.6. The molecule has 1 saturated carbocycles. The molecule has 1 fully saturated rings. The molecule has 1 heterocycles. The number of aliphatic hydroxyl groups is 1. The van der Waals surface area contributed by atoms with Gasteiger partial charge in [-0.15, -0.1) is 0 Å². The Morgan fingerprint density at radius 2 is 1.81 bits per heavy atom. The largest absolute Gasteiger partial charge is 0.497 e. The van der Waals surface area contributed by atoms with Gasteiger partial charge in [-0.3, -0.25) is 4.79 Å². The van der Waals surface area contributed by atoms with Crippen molar-refractivity contribution in [3.05, 3.63) is 94.0 Å². The number of amides is 1. The van der Waals surface area contributed by atoms with Crippen molar-refractivity contribution in [2.24, 2.45) is 10.9 Å². The zero-order valence-electron chi connectivity index (χ0n) is 24.1. The predicted octanol–water partition coefficient (Wildman–Crippen LogP) is 6.42. The number of methoxy groups -OCH3 is 1. The Morgan fingerprint density at radius 3 is 2.52 bits per heavy atom. The van der Waals surface area contributed by atoms with Gasteiger partial charge in [0.05, 0.1) is 13.7 Å². The molecule has 2 atom stereocenters. The van der Waals surface area contributed by atoms with Gasteiger partial charge in [-0.05, 0) is 78.4 Å². The predicted molar refractivity (Wildman–Crippen MR) is 167 cm³/mol. The third-order valence-corrected chi connectivity index (χ3v) is 8.62. The van der Waals surface area contributed by atoms with Crippen molar-refractivity contribution in [1.29, 1.82) is 0 Å². The minimum Gasteiger partial charge on any atom is -0.497 e. The van der Waals surface area contributed by atoms with Gasteiger partial charge in [-0.2, -0.15) is 0 Å². The first kappa shape index (κ1) is 30.1. The molecule has 8 heteroatoms. The maximum atomic E-state index is 14.4. The molecule has 2 N–H and O–H groups in total. The normalized spacial score (nSPS) is 20.5. The molecule has 0 saturated heterocycles. The quantitative estimate of drug-likeness (QED) is 0.225. The molecule has 222 valence electrons. The van der Waals surface area contributed by atoms with E-state index in [9.17, 15) is 4.79 Å². The maximum absolute atomic E-state index is 14.4. The van der Waals surface area contributed by atoms with Crippen LogP contribution < -0.4 is 14.8 Å². The van der Waals surface area contributed by atoms with Crippen LogP contribution in [0.25, 0.3) is 0 Å². The Kier molecular flexibility index (Phi) is 10.2. The number of carbonyl (C=O) groups is 1. The van der Waals surface area contributed by atoms with Crippen LogP contribution in [0.1, 0.15) is 61.3 Å². The molecule has 3 aromatic rings. The lowest BCUT2D eigenvalue weighted by atomic mass is 9.81. The molecule has 7 nitrogen and oxygen atoms in total. The van der Waals surface area contributed by atoms with E-state index in [4.69, 9.17) is 24.3 Å². The molecule has 0 unspecified atom stereocenters. The van der Waals surface area contributed by atoms with E-state index in [-0.39, 0.29) is 12.5 Å². The number of benzene rings is 3. The fraction of sp³-hybridized carbons (Fsp3) is 0.412. The second-order valence-electron chi connectivity index (χ2n) is 11.1. The van der Waals surface area contributed by atoms with Gasteiger partial charge < -0.3 is 24.6 Å². The second kappa shape index (κ2) is 14.2. The molecular formula is C34H39BrN2O5. The highest BCUT2D eigenvalue weighted by atomic mass is 79.9. The number of nitrogens with zero attached hydrogens (tertiary/aromatic N) is 1. The van der Waals surface area contributed by atoms with E-state index in [2.05, 4.69) is 21.2 Å². The van der Waals surface area contributed by atoms with Gasteiger partial charge in [0.2, 0.25) is 5.90 Å². The van der Waals surface area contributed by atoms with Crippen molar-refractivity contribution in [2.45, 2.75) is 56.6 Å². The summed E-state index contributed by atoms with van der Waals surface area (Å²) < 4.78 is 18.9. The van der Waals surface area contributed by atoms with Gasteiger partial charge in [-0.1, -0.05) is 59.5 Å². The number of ether oxygens (including phenoxy) is 3. The van der Waals surface area contributed by atoms with Gasteiger partial charge in [-0.25, -0.2) is 4.99 Å². The average molecular weight is 636 g/mol. The van der Waals surface area contributed by atoms with Crippen LogP contribution in [0.15, 0.2) is 82.3 Å². The fourth-order valence-electron chi connectivity index (χ4n) is 5.78. The molecule has 1 aliphatic heterocycles. The van der Waals surface area contributed by atoms with Crippen molar-refractivity contribution >= 4 is 27.7 Å². The van der Waals surface area contributed by atoms with E-state index in [1.165, 1.54) is 19.3 Å². The SMILES string of the molecule is COc1cccc([C@H]2OC(c3ccc(OCCCO)cc3)=N[C@@]2(Cc2ccc(Br)cc2)C(=O)NCC2CCCCC2)c1. The van der Waals surface area contributed by atoms with Crippen molar-refractivity contribution in [2.75, 3.05) is 26.9 Å². The molecule has 0 radical (unpaired) electrons. The number of aliphatic hydroxyl groups excluding tert-OH is 1.